The number of hydrogen-bond acceptors (Lipinski definition) is 8. The molecule has 4 aromatic rings. The van der Waals surface area contributed by atoms with Crippen LogP contribution in [0.1, 0.15) is 39.4 Å². The fourth-order valence-corrected chi connectivity index (χ4v) is 5.29. The van der Waals surface area contributed by atoms with E-state index in [1.165, 1.54) is 23.1 Å². The number of anilines is 1. The standard InChI is InChI=1S/C23H26N6O3S2/c1-5-32-22(31)20-13(2)14(3)34-21(20)26-19(30)12-33-23-28-27-18(29(23)4)11-10-17-24-15-8-6-7-9-16(15)25-17/h6-9H,5,10-12H2,1-4H3,(H,24,25)(H,26,30). The van der Waals surface area contributed by atoms with Gasteiger partial charge >= 0.3 is 5.97 Å². The van der Waals surface area contributed by atoms with Gasteiger partial charge in [0, 0.05) is 24.8 Å². The first-order valence-electron chi connectivity index (χ1n) is 10.9. The molecular weight excluding hydrogens is 472 g/mol. The number of aryl methyl sites for hydroxylation is 3. The van der Waals surface area contributed by atoms with Gasteiger partial charge in [-0.3, -0.25) is 4.79 Å². The van der Waals surface area contributed by atoms with E-state index in [4.69, 9.17) is 4.74 Å². The minimum Gasteiger partial charge on any atom is -0.462 e. The fourth-order valence-electron chi connectivity index (χ4n) is 3.50. The number of benzene rings is 1. The van der Waals surface area contributed by atoms with E-state index in [1.807, 2.05) is 49.7 Å². The first kappa shape index (κ1) is 24.0. The molecule has 4 rings (SSSR count). The molecule has 0 saturated heterocycles. The van der Waals surface area contributed by atoms with Crippen molar-refractivity contribution in [3.8, 4) is 0 Å². The number of rotatable bonds is 9. The number of para-hydroxylation sites is 2. The van der Waals surface area contributed by atoms with Crippen LogP contribution in [0, 0.1) is 13.8 Å². The molecule has 34 heavy (non-hydrogen) atoms. The lowest BCUT2D eigenvalue weighted by atomic mass is 10.1. The third kappa shape index (κ3) is 5.15. The van der Waals surface area contributed by atoms with Crippen LogP contribution in [0.25, 0.3) is 11.0 Å². The van der Waals surface area contributed by atoms with E-state index < -0.39 is 5.97 Å². The van der Waals surface area contributed by atoms with E-state index >= 15 is 0 Å². The maximum absolute atomic E-state index is 12.6. The molecule has 0 aliphatic carbocycles. The number of nitrogens with one attached hydrogen (secondary N) is 2. The second-order valence-corrected chi connectivity index (χ2v) is 9.87. The fraction of sp³-hybridized carbons (Fsp3) is 0.348. The summed E-state index contributed by atoms with van der Waals surface area (Å²) in [4.78, 5) is 33.8. The molecule has 2 N–H and O–H groups in total. The number of ether oxygens (including phenoxy) is 1. The van der Waals surface area contributed by atoms with Crippen LogP contribution in [-0.2, 0) is 29.4 Å². The van der Waals surface area contributed by atoms with Gasteiger partial charge in [0.25, 0.3) is 0 Å². The molecule has 3 aromatic heterocycles. The van der Waals surface area contributed by atoms with Gasteiger partial charge in [-0.25, -0.2) is 9.78 Å². The average Bonchev–Trinajstić information content (AvgIpc) is 3.46. The average molecular weight is 499 g/mol. The molecule has 0 saturated carbocycles. The molecular formula is C23H26N6O3S2. The minimum atomic E-state index is -0.422. The van der Waals surface area contributed by atoms with Crippen LogP contribution in [0.15, 0.2) is 29.4 Å². The lowest BCUT2D eigenvalue weighted by molar-refractivity contribution is -0.113. The highest BCUT2D eigenvalue weighted by Gasteiger charge is 2.22. The molecule has 0 aliphatic heterocycles. The number of carbonyl (C=O) groups excluding carboxylic acids is 2. The number of thioether (sulfide) groups is 1. The summed E-state index contributed by atoms with van der Waals surface area (Å²) in [6.07, 6.45) is 1.38. The van der Waals surface area contributed by atoms with Crippen LogP contribution in [0.2, 0.25) is 0 Å². The van der Waals surface area contributed by atoms with Crippen molar-refractivity contribution in [1.29, 1.82) is 0 Å². The summed E-state index contributed by atoms with van der Waals surface area (Å²) >= 11 is 2.67. The van der Waals surface area contributed by atoms with E-state index in [2.05, 4.69) is 25.5 Å². The number of imidazole rings is 1. The smallest absolute Gasteiger partial charge is 0.341 e. The number of H-pyrrole nitrogens is 1. The topological polar surface area (TPSA) is 115 Å². The van der Waals surface area contributed by atoms with Gasteiger partial charge in [-0.2, -0.15) is 0 Å². The maximum Gasteiger partial charge on any atom is 0.341 e. The predicted octanol–water partition coefficient (Wildman–Crippen LogP) is 4.06. The number of thiophene rings is 1. The monoisotopic (exact) mass is 498 g/mol. The maximum atomic E-state index is 12.6. The molecule has 0 fully saturated rings. The number of hydrogen-bond donors (Lipinski definition) is 2. The van der Waals surface area contributed by atoms with Crippen molar-refractivity contribution in [3.05, 3.63) is 51.9 Å². The van der Waals surface area contributed by atoms with Crippen molar-refractivity contribution < 1.29 is 14.3 Å². The minimum absolute atomic E-state index is 0.147. The third-order valence-corrected chi connectivity index (χ3v) is 7.54. The molecule has 0 spiro atoms. The zero-order valence-corrected chi connectivity index (χ0v) is 21.1. The van der Waals surface area contributed by atoms with E-state index in [0.29, 0.717) is 28.6 Å². The third-order valence-electron chi connectivity index (χ3n) is 5.40. The zero-order chi connectivity index (χ0) is 24.2. The first-order valence-corrected chi connectivity index (χ1v) is 12.7. The normalized spacial score (nSPS) is 11.2. The van der Waals surface area contributed by atoms with Crippen molar-refractivity contribution in [2.24, 2.45) is 7.05 Å². The van der Waals surface area contributed by atoms with E-state index in [-0.39, 0.29) is 18.3 Å². The quantitative estimate of drug-likeness (QED) is 0.264. The largest absolute Gasteiger partial charge is 0.462 e. The number of aromatic amines is 1. The molecule has 0 bridgehead atoms. The molecule has 178 valence electrons. The number of esters is 1. The first-order chi connectivity index (χ1) is 16.4. The van der Waals surface area contributed by atoms with Gasteiger partial charge in [-0.1, -0.05) is 23.9 Å². The Morgan fingerprint density at radius 1 is 1.21 bits per heavy atom. The second-order valence-electron chi connectivity index (χ2n) is 7.70. The van der Waals surface area contributed by atoms with Crippen LogP contribution in [0.4, 0.5) is 5.00 Å². The van der Waals surface area contributed by atoms with Crippen LogP contribution >= 0.6 is 23.1 Å². The Kier molecular flexibility index (Phi) is 7.32. The molecule has 3 heterocycles. The highest BCUT2D eigenvalue weighted by atomic mass is 32.2. The van der Waals surface area contributed by atoms with Gasteiger partial charge in [0.15, 0.2) is 5.16 Å². The van der Waals surface area contributed by atoms with Crippen LogP contribution in [0.3, 0.4) is 0 Å². The summed E-state index contributed by atoms with van der Waals surface area (Å²) in [6.45, 7) is 5.81. The van der Waals surface area contributed by atoms with Gasteiger partial charge in [0.2, 0.25) is 5.91 Å². The number of carbonyl (C=O) groups is 2. The van der Waals surface area contributed by atoms with Crippen molar-refractivity contribution in [2.75, 3.05) is 17.7 Å². The molecule has 9 nitrogen and oxygen atoms in total. The Bertz CT molecular complexity index is 1310. The van der Waals surface area contributed by atoms with Gasteiger partial charge in [0.05, 0.1) is 29.0 Å². The summed E-state index contributed by atoms with van der Waals surface area (Å²) in [5.41, 5.74) is 3.21. The Morgan fingerprint density at radius 3 is 2.76 bits per heavy atom. The Hall–Kier alpha value is -3.18. The van der Waals surface area contributed by atoms with Crippen LogP contribution < -0.4 is 5.32 Å². The highest BCUT2D eigenvalue weighted by molar-refractivity contribution is 7.99. The summed E-state index contributed by atoms with van der Waals surface area (Å²) in [7, 11) is 1.89. The lowest BCUT2D eigenvalue weighted by Gasteiger charge is -2.07. The van der Waals surface area contributed by atoms with Crippen molar-refractivity contribution in [3.63, 3.8) is 0 Å². The summed E-state index contributed by atoms with van der Waals surface area (Å²) < 4.78 is 7.04. The van der Waals surface area contributed by atoms with E-state index in [1.54, 1.807) is 6.92 Å². The molecule has 1 aromatic carbocycles. The Morgan fingerprint density at radius 2 is 2.00 bits per heavy atom. The molecule has 0 unspecified atom stereocenters. The predicted molar refractivity (Wildman–Crippen MR) is 134 cm³/mol. The summed E-state index contributed by atoms with van der Waals surface area (Å²) in [5, 5.41) is 12.5. The second kappa shape index (κ2) is 10.4. The van der Waals surface area contributed by atoms with Crippen LogP contribution in [-0.4, -0.2) is 49.0 Å². The summed E-state index contributed by atoms with van der Waals surface area (Å²) in [5.74, 6) is 1.22. The van der Waals surface area contributed by atoms with Crippen molar-refractivity contribution >= 4 is 51.0 Å². The molecule has 11 heteroatoms. The zero-order valence-electron chi connectivity index (χ0n) is 19.5. The SMILES string of the molecule is CCOC(=O)c1c(NC(=O)CSc2nnc(CCc3nc4ccccc4[nH]3)n2C)sc(C)c1C. The van der Waals surface area contributed by atoms with Crippen molar-refractivity contribution in [1.82, 2.24) is 24.7 Å². The lowest BCUT2D eigenvalue weighted by Crippen LogP contribution is -2.16. The van der Waals surface area contributed by atoms with E-state index in [9.17, 15) is 9.59 Å². The van der Waals surface area contributed by atoms with Crippen molar-refractivity contribution in [2.45, 2.75) is 38.8 Å². The molecule has 1 amide bonds. The van der Waals surface area contributed by atoms with E-state index in [0.717, 1.165) is 33.1 Å². The van der Waals surface area contributed by atoms with Gasteiger partial charge in [0.1, 0.15) is 16.6 Å². The molecule has 0 aliphatic rings. The Labute approximate surface area is 205 Å². The number of amides is 1. The molecule has 0 atom stereocenters. The highest BCUT2D eigenvalue weighted by Crippen LogP contribution is 2.33. The number of fused-ring (bicyclic) bond motifs is 1. The number of aromatic nitrogens is 5. The van der Waals surface area contributed by atoms with Gasteiger partial charge < -0.3 is 19.6 Å². The molecule has 0 radical (unpaired) electrons. The Balaban J connectivity index is 1.35. The summed E-state index contributed by atoms with van der Waals surface area (Å²) in [6, 6.07) is 7.92. The number of nitrogens with zero attached hydrogens (tertiary/aromatic N) is 4. The van der Waals surface area contributed by atoms with Gasteiger partial charge in [-0.05, 0) is 38.5 Å². The van der Waals surface area contributed by atoms with Crippen LogP contribution in [0.5, 0.6) is 0 Å². The van der Waals surface area contributed by atoms with Gasteiger partial charge in [-0.15, -0.1) is 21.5 Å².